The molecule has 1 aliphatic heterocycles. The van der Waals surface area contributed by atoms with Gasteiger partial charge in [-0.25, -0.2) is 0 Å². The maximum atomic E-state index is 12.3. The number of piperazine rings is 1. The third kappa shape index (κ3) is 4.33. The van der Waals surface area contributed by atoms with Gasteiger partial charge in [0.2, 0.25) is 5.91 Å². The van der Waals surface area contributed by atoms with Gasteiger partial charge in [0.05, 0.1) is 0 Å². The van der Waals surface area contributed by atoms with E-state index in [2.05, 4.69) is 22.6 Å². The van der Waals surface area contributed by atoms with E-state index < -0.39 is 6.10 Å². The van der Waals surface area contributed by atoms with E-state index in [0.29, 0.717) is 31.9 Å². The van der Waals surface area contributed by atoms with E-state index in [1.165, 1.54) is 0 Å². The predicted molar refractivity (Wildman–Crippen MR) is 88.1 cm³/mol. The molecule has 1 aromatic rings. The molecular weight excluding hydrogens is 383 g/mol. The molecule has 2 amide bonds. The molecule has 21 heavy (non-hydrogen) atoms. The number of nitrogens with zero attached hydrogens (tertiary/aromatic N) is 2. The highest BCUT2D eigenvalue weighted by Crippen LogP contribution is 2.16. The van der Waals surface area contributed by atoms with Crippen LogP contribution in [0.1, 0.15) is 13.8 Å². The number of carbonyl (C=O) groups excluding carboxylic acids is 2. The van der Waals surface area contributed by atoms with Crippen LogP contribution < -0.4 is 4.74 Å². The van der Waals surface area contributed by atoms with E-state index in [0.717, 1.165) is 3.57 Å². The number of amides is 2. The number of hydrogen-bond donors (Lipinski definition) is 0. The molecule has 1 fully saturated rings. The van der Waals surface area contributed by atoms with Crippen LogP contribution in [0.4, 0.5) is 0 Å². The molecule has 114 valence electrons. The first-order valence-electron chi connectivity index (χ1n) is 6.94. The summed E-state index contributed by atoms with van der Waals surface area (Å²) in [5, 5.41) is 0. The predicted octanol–water partition coefficient (Wildman–Crippen LogP) is 1.75. The zero-order valence-electron chi connectivity index (χ0n) is 12.2. The number of halogens is 1. The molecule has 0 saturated carbocycles. The first-order valence-corrected chi connectivity index (χ1v) is 8.02. The molecule has 6 heteroatoms. The van der Waals surface area contributed by atoms with Crippen LogP contribution in [0, 0.1) is 3.57 Å². The Bertz CT molecular complexity index is 510. The second-order valence-electron chi connectivity index (χ2n) is 5.05. The molecule has 1 aliphatic rings. The van der Waals surface area contributed by atoms with Gasteiger partial charge < -0.3 is 14.5 Å². The zero-order valence-corrected chi connectivity index (χ0v) is 14.4. The lowest BCUT2D eigenvalue weighted by Crippen LogP contribution is -2.52. The second-order valence-corrected chi connectivity index (χ2v) is 6.29. The Morgan fingerprint density at radius 1 is 1.10 bits per heavy atom. The lowest BCUT2D eigenvalue weighted by Gasteiger charge is -2.35. The Labute approximate surface area is 138 Å². The molecule has 0 spiro atoms. The van der Waals surface area contributed by atoms with Crippen LogP contribution in [-0.4, -0.2) is 53.9 Å². The number of rotatable bonds is 3. The fourth-order valence-corrected chi connectivity index (χ4v) is 2.63. The van der Waals surface area contributed by atoms with Crippen molar-refractivity contribution in [2.75, 3.05) is 26.2 Å². The van der Waals surface area contributed by atoms with Crippen LogP contribution >= 0.6 is 22.6 Å². The Kier molecular flexibility index (Phi) is 5.44. The molecule has 0 aromatic heterocycles. The smallest absolute Gasteiger partial charge is 0.263 e. The Morgan fingerprint density at radius 2 is 1.62 bits per heavy atom. The van der Waals surface area contributed by atoms with E-state index in [1.54, 1.807) is 23.6 Å². The van der Waals surface area contributed by atoms with Crippen LogP contribution in [-0.2, 0) is 9.59 Å². The summed E-state index contributed by atoms with van der Waals surface area (Å²) in [4.78, 5) is 27.1. The maximum Gasteiger partial charge on any atom is 0.263 e. The van der Waals surface area contributed by atoms with E-state index in [-0.39, 0.29) is 11.8 Å². The quantitative estimate of drug-likeness (QED) is 0.725. The summed E-state index contributed by atoms with van der Waals surface area (Å²) in [7, 11) is 0. The minimum absolute atomic E-state index is 0.0308. The molecule has 0 unspecified atom stereocenters. The van der Waals surface area contributed by atoms with Crippen molar-refractivity contribution in [1.82, 2.24) is 9.80 Å². The largest absolute Gasteiger partial charge is 0.481 e. The van der Waals surface area contributed by atoms with Crippen molar-refractivity contribution in [3.05, 3.63) is 27.8 Å². The first kappa shape index (κ1) is 16.1. The summed E-state index contributed by atoms with van der Waals surface area (Å²) in [5.41, 5.74) is 0. The van der Waals surface area contributed by atoms with Crippen LogP contribution in [0.15, 0.2) is 24.3 Å². The van der Waals surface area contributed by atoms with E-state index in [1.807, 2.05) is 24.3 Å². The van der Waals surface area contributed by atoms with Gasteiger partial charge in [0, 0.05) is 36.7 Å². The fraction of sp³-hybridized carbons (Fsp3) is 0.467. The monoisotopic (exact) mass is 402 g/mol. The van der Waals surface area contributed by atoms with E-state index in [4.69, 9.17) is 4.74 Å². The summed E-state index contributed by atoms with van der Waals surface area (Å²) in [6.45, 7) is 5.64. The van der Waals surface area contributed by atoms with Gasteiger partial charge in [-0.05, 0) is 53.8 Å². The van der Waals surface area contributed by atoms with Crippen LogP contribution in [0.3, 0.4) is 0 Å². The van der Waals surface area contributed by atoms with Crippen molar-refractivity contribution in [3.8, 4) is 5.75 Å². The van der Waals surface area contributed by atoms with Crippen LogP contribution in [0.2, 0.25) is 0 Å². The number of ether oxygens (including phenoxy) is 1. The SMILES string of the molecule is CC(=O)N1CCN(C(=O)[C@@H](C)Oc2ccc(I)cc2)CC1. The molecule has 1 atom stereocenters. The highest BCUT2D eigenvalue weighted by Gasteiger charge is 2.26. The van der Waals surface area contributed by atoms with Crippen LogP contribution in [0.5, 0.6) is 5.75 Å². The molecule has 0 N–H and O–H groups in total. The second kappa shape index (κ2) is 7.11. The number of benzene rings is 1. The van der Waals surface area contributed by atoms with Crippen molar-refractivity contribution < 1.29 is 14.3 Å². The molecule has 0 radical (unpaired) electrons. The average molecular weight is 402 g/mol. The lowest BCUT2D eigenvalue weighted by molar-refractivity contribution is -0.143. The summed E-state index contributed by atoms with van der Waals surface area (Å²) in [6, 6.07) is 7.61. The van der Waals surface area contributed by atoms with Crippen molar-refractivity contribution in [2.24, 2.45) is 0 Å². The number of hydrogen-bond acceptors (Lipinski definition) is 3. The molecular formula is C15H19IN2O3. The lowest BCUT2D eigenvalue weighted by atomic mass is 10.2. The summed E-state index contributed by atoms with van der Waals surface area (Å²) in [5.74, 6) is 0.723. The standard InChI is InChI=1S/C15H19IN2O3/c1-11(21-14-5-3-13(16)4-6-14)15(20)18-9-7-17(8-10-18)12(2)19/h3-6,11H,7-10H2,1-2H3/t11-/m1/s1. The van der Waals surface area contributed by atoms with Gasteiger partial charge in [-0.3, -0.25) is 9.59 Å². The summed E-state index contributed by atoms with van der Waals surface area (Å²) < 4.78 is 6.81. The highest BCUT2D eigenvalue weighted by molar-refractivity contribution is 14.1. The average Bonchev–Trinajstić information content (AvgIpc) is 2.49. The molecule has 1 aromatic carbocycles. The van der Waals surface area contributed by atoms with Gasteiger partial charge in [0.25, 0.3) is 5.91 Å². The van der Waals surface area contributed by atoms with Gasteiger partial charge in [0.1, 0.15) is 5.75 Å². The van der Waals surface area contributed by atoms with Crippen molar-refractivity contribution in [2.45, 2.75) is 20.0 Å². The van der Waals surface area contributed by atoms with Gasteiger partial charge >= 0.3 is 0 Å². The zero-order chi connectivity index (χ0) is 15.4. The molecule has 1 saturated heterocycles. The van der Waals surface area contributed by atoms with Gasteiger partial charge in [-0.15, -0.1) is 0 Å². The molecule has 5 nitrogen and oxygen atoms in total. The Balaban J connectivity index is 1.88. The van der Waals surface area contributed by atoms with E-state index in [9.17, 15) is 9.59 Å². The van der Waals surface area contributed by atoms with Gasteiger partial charge in [-0.2, -0.15) is 0 Å². The minimum Gasteiger partial charge on any atom is -0.481 e. The third-order valence-corrected chi connectivity index (χ3v) is 4.23. The third-order valence-electron chi connectivity index (χ3n) is 3.51. The van der Waals surface area contributed by atoms with E-state index >= 15 is 0 Å². The van der Waals surface area contributed by atoms with Crippen molar-refractivity contribution >= 4 is 34.4 Å². The normalized spacial score (nSPS) is 16.5. The maximum absolute atomic E-state index is 12.3. The van der Waals surface area contributed by atoms with Gasteiger partial charge in [-0.1, -0.05) is 0 Å². The van der Waals surface area contributed by atoms with Crippen molar-refractivity contribution in [3.63, 3.8) is 0 Å². The molecule has 2 rings (SSSR count). The Hall–Kier alpha value is -1.31. The molecule has 0 bridgehead atoms. The summed E-state index contributed by atoms with van der Waals surface area (Å²) in [6.07, 6.45) is -0.520. The minimum atomic E-state index is -0.520. The molecule has 1 heterocycles. The van der Waals surface area contributed by atoms with Crippen LogP contribution in [0.25, 0.3) is 0 Å². The Morgan fingerprint density at radius 3 is 2.14 bits per heavy atom. The summed E-state index contributed by atoms with van der Waals surface area (Å²) >= 11 is 2.22. The fourth-order valence-electron chi connectivity index (χ4n) is 2.27. The first-order chi connectivity index (χ1) is 9.97. The molecule has 0 aliphatic carbocycles. The number of carbonyl (C=O) groups is 2. The highest BCUT2D eigenvalue weighted by atomic mass is 127. The van der Waals surface area contributed by atoms with Crippen molar-refractivity contribution in [1.29, 1.82) is 0 Å². The van der Waals surface area contributed by atoms with Gasteiger partial charge in [0.15, 0.2) is 6.10 Å². The topological polar surface area (TPSA) is 49.9 Å².